The van der Waals surface area contributed by atoms with Crippen molar-refractivity contribution in [1.29, 1.82) is 0 Å². The Bertz CT molecular complexity index is 523. The van der Waals surface area contributed by atoms with E-state index < -0.39 is 10.0 Å². The van der Waals surface area contributed by atoms with Crippen LogP contribution in [0.25, 0.3) is 0 Å². The van der Waals surface area contributed by atoms with Crippen molar-refractivity contribution in [2.75, 3.05) is 16.7 Å². The molecule has 1 unspecified atom stereocenters. The van der Waals surface area contributed by atoms with Gasteiger partial charge in [0.15, 0.2) is 0 Å². The number of carbonyl (C=O) groups excluding carboxylic acids is 1. The summed E-state index contributed by atoms with van der Waals surface area (Å²) < 4.78 is 24.6. The summed E-state index contributed by atoms with van der Waals surface area (Å²) in [6.45, 7) is 3.64. The number of hydrogen-bond donors (Lipinski definition) is 1. The highest BCUT2D eigenvalue weighted by atomic mass is 32.2. The van der Waals surface area contributed by atoms with Gasteiger partial charge in [-0.2, -0.15) is 11.8 Å². The Balaban J connectivity index is 2.85. The van der Waals surface area contributed by atoms with Crippen LogP contribution >= 0.6 is 11.8 Å². The fourth-order valence-electron chi connectivity index (χ4n) is 1.72. The zero-order valence-corrected chi connectivity index (χ0v) is 13.0. The number of benzene rings is 1. The first-order valence-electron chi connectivity index (χ1n) is 6.00. The van der Waals surface area contributed by atoms with Gasteiger partial charge >= 0.3 is 0 Å². The van der Waals surface area contributed by atoms with Crippen LogP contribution in [0.2, 0.25) is 0 Å². The number of anilines is 1. The molecular weight excluding hydrogens is 282 g/mol. The molecule has 0 aromatic heterocycles. The predicted molar refractivity (Wildman–Crippen MR) is 81.1 cm³/mol. The molecule has 0 aliphatic carbocycles. The van der Waals surface area contributed by atoms with E-state index in [1.165, 1.54) is 0 Å². The molecule has 0 bridgehead atoms. The van der Waals surface area contributed by atoms with Crippen LogP contribution in [-0.4, -0.2) is 26.2 Å². The van der Waals surface area contributed by atoms with Gasteiger partial charge in [0.2, 0.25) is 10.0 Å². The van der Waals surface area contributed by atoms with Crippen molar-refractivity contribution in [3.8, 4) is 0 Å². The number of Topliss-reactive ketones (excluding diaryl/α,β-unsaturated/α-hetero) is 1. The highest BCUT2D eigenvalue weighted by Crippen LogP contribution is 2.32. The fraction of sp³-hybridized carbons (Fsp3) is 0.462. The summed E-state index contributed by atoms with van der Waals surface area (Å²) in [6, 6.07) is 7.17. The lowest BCUT2D eigenvalue weighted by molar-refractivity contribution is -0.117. The molecule has 1 atom stereocenters. The fourth-order valence-corrected chi connectivity index (χ4v) is 3.38. The van der Waals surface area contributed by atoms with Crippen molar-refractivity contribution in [2.24, 2.45) is 0 Å². The maximum Gasteiger partial charge on any atom is 0.229 e. The highest BCUT2D eigenvalue weighted by molar-refractivity contribution is 7.99. The summed E-state index contributed by atoms with van der Waals surface area (Å²) in [7, 11) is -3.25. The third-order valence-corrected chi connectivity index (χ3v) is 4.21. The van der Waals surface area contributed by atoms with E-state index in [2.05, 4.69) is 11.6 Å². The Morgan fingerprint density at radius 1 is 1.32 bits per heavy atom. The van der Waals surface area contributed by atoms with Gasteiger partial charge in [0.25, 0.3) is 0 Å². The number of hydrogen-bond acceptors (Lipinski definition) is 4. The molecule has 0 heterocycles. The first-order valence-corrected chi connectivity index (χ1v) is 8.94. The molecule has 6 heteroatoms. The molecule has 19 heavy (non-hydrogen) atoms. The van der Waals surface area contributed by atoms with Gasteiger partial charge in [0, 0.05) is 17.4 Å². The number of ketones is 1. The largest absolute Gasteiger partial charge is 0.300 e. The highest BCUT2D eigenvalue weighted by Gasteiger charge is 2.13. The summed E-state index contributed by atoms with van der Waals surface area (Å²) in [6.07, 6.45) is 1.61. The molecule has 0 amide bonds. The number of carbonyl (C=O) groups is 1. The number of thioether (sulfide) groups is 1. The van der Waals surface area contributed by atoms with Crippen molar-refractivity contribution in [1.82, 2.24) is 0 Å². The Morgan fingerprint density at radius 2 is 1.89 bits per heavy atom. The normalized spacial score (nSPS) is 13.0. The second-order valence-electron chi connectivity index (χ2n) is 4.35. The minimum Gasteiger partial charge on any atom is -0.300 e. The van der Waals surface area contributed by atoms with E-state index >= 15 is 0 Å². The zero-order valence-electron chi connectivity index (χ0n) is 11.3. The summed E-state index contributed by atoms with van der Waals surface area (Å²) in [5, 5.41) is 0.134. The van der Waals surface area contributed by atoms with Crippen LogP contribution in [0.1, 0.15) is 31.1 Å². The molecule has 1 rings (SSSR count). The topological polar surface area (TPSA) is 63.2 Å². The molecule has 1 aromatic carbocycles. The van der Waals surface area contributed by atoms with Gasteiger partial charge in [-0.3, -0.25) is 9.52 Å². The van der Waals surface area contributed by atoms with Crippen LogP contribution < -0.4 is 4.72 Å². The van der Waals surface area contributed by atoms with E-state index in [4.69, 9.17) is 0 Å². The molecule has 1 N–H and O–H groups in total. The monoisotopic (exact) mass is 301 g/mol. The maximum absolute atomic E-state index is 11.3. The van der Waals surface area contributed by atoms with Crippen molar-refractivity contribution in [3.63, 3.8) is 0 Å². The van der Waals surface area contributed by atoms with Gasteiger partial charge in [-0.05, 0) is 30.4 Å². The zero-order chi connectivity index (χ0) is 14.5. The number of rotatable bonds is 7. The molecule has 0 aliphatic rings. The van der Waals surface area contributed by atoms with Gasteiger partial charge in [-0.25, -0.2) is 8.42 Å². The summed E-state index contributed by atoms with van der Waals surface area (Å²) in [4.78, 5) is 11.3. The van der Waals surface area contributed by atoms with Gasteiger partial charge < -0.3 is 0 Å². The Morgan fingerprint density at radius 3 is 2.32 bits per heavy atom. The second-order valence-corrected chi connectivity index (χ2v) is 7.57. The lowest BCUT2D eigenvalue weighted by Crippen LogP contribution is -2.09. The van der Waals surface area contributed by atoms with Gasteiger partial charge in [0.1, 0.15) is 5.78 Å². The quantitative estimate of drug-likeness (QED) is 0.841. The van der Waals surface area contributed by atoms with Gasteiger partial charge in [-0.15, -0.1) is 0 Å². The predicted octanol–water partition coefficient (Wildman–Crippen LogP) is 2.83. The van der Waals surface area contributed by atoms with Crippen molar-refractivity contribution < 1.29 is 13.2 Å². The summed E-state index contributed by atoms with van der Waals surface area (Å²) in [5.74, 6) is 1.09. The van der Waals surface area contributed by atoms with Crippen molar-refractivity contribution in [3.05, 3.63) is 29.8 Å². The molecular formula is C13H19NO3S2. The average Bonchev–Trinajstić information content (AvgIpc) is 2.27. The van der Waals surface area contributed by atoms with Gasteiger partial charge in [-0.1, -0.05) is 19.1 Å². The van der Waals surface area contributed by atoms with E-state index in [0.717, 1.165) is 17.6 Å². The van der Waals surface area contributed by atoms with E-state index in [1.54, 1.807) is 30.8 Å². The Labute approximate surface area is 119 Å². The molecule has 1 aromatic rings. The Hall–Kier alpha value is -1.01. The SMILES string of the molecule is CCSC(CC(C)=O)c1ccc(NS(C)(=O)=O)cc1. The third-order valence-electron chi connectivity index (χ3n) is 2.43. The molecule has 0 fully saturated rings. The standard InChI is InChI=1S/C13H19NO3S2/c1-4-18-13(9-10(2)15)11-5-7-12(8-6-11)14-19(3,16)17/h5-8,13-14H,4,9H2,1-3H3. The van der Waals surface area contributed by atoms with Crippen molar-refractivity contribution in [2.45, 2.75) is 25.5 Å². The minimum absolute atomic E-state index is 0.134. The van der Waals surface area contributed by atoms with Crippen LogP contribution in [0.4, 0.5) is 5.69 Å². The lowest BCUT2D eigenvalue weighted by Gasteiger charge is -2.15. The van der Waals surface area contributed by atoms with Crippen LogP contribution in [-0.2, 0) is 14.8 Å². The molecule has 0 saturated carbocycles. The number of nitrogens with one attached hydrogen (secondary N) is 1. The van der Waals surface area contributed by atoms with E-state index in [1.807, 2.05) is 12.1 Å². The molecule has 0 spiro atoms. The van der Waals surface area contributed by atoms with Crippen LogP contribution in [0.15, 0.2) is 24.3 Å². The second kappa shape index (κ2) is 6.96. The lowest BCUT2D eigenvalue weighted by atomic mass is 10.1. The first kappa shape index (κ1) is 16.0. The summed E-state index contributed by atoms with van der Waals surface area (Å²) >= 11 is 1.72. The molecule has 4 nitrogen and oxygen atoms in total. The van der Waals surface area contributed by atoms with E-state index in [0.29, 0.717) is 12.1 Å². The van der Waals surface area contributed by atoms with E-state index in [9.17, 15) is 13.2 Å². The van der Waals surface area contributed by atoms with E-state index in [-0.39, 0.29) is 11.0 Å². The first-order chi connectivity index (χ1) is 8.81. The maximum atomic E-state index is 11.3. The van der Waals surface area contributed by atoms with Crippen molar-refractivity contribution >= 4 is 33.3 Å². The molecule has 106 valence electrons. The smallest absolute Gasteiger partial charge is 0.229 e. The molecule has 0 saturated heterocycles. The van der Waals surface area contributed by atoms with Crippen LogP contribution in [0, 0.1) is 0 Å². The molecule has 0 radical (unpaired) electrons. The summed E-state index contributed by atoms with van der Waals surface area (Å²) in [5.41, 5.74) is 1.58. The minimum atomic E-state index is -3.25. The van der Waals surface area contributed by atoms with Crippen LogP contribution in [0.3, 0.4) is 0 Å². The molecule has 0 aliphatic heterocycles. The van der Waals surface area contributed by atoms with Crippen LogP contribution in [0.5, 0.6) is 0 Å². The third kappa shape index (κ3) is 6.11. The Kier molecular flexibility index (Phi) is 5.87. The number of sulfonamides is 1. The average molecular weight is 301 g/mol. The van der Waals surface area contributed by atoms with Gasteiger partial charge in [0.05, 0.1) is 6.26 Å².